The van der Waals surface area contributed by atoms with Gasteiger partial charge < -0.3 is 9.73 Å². The molecule has 0 aliphatic heterocycles. The number of fused-ring (bicyclic) bond motifs is 1. The Balaban J connectivity index is 1.89. The number of anilines is 1. The second-order valence-electron chi connectivity index (χ2n) is 7.62. The topological polar surface area (TPSA) is 85.4 Å². The van der Waals surface area contributed by atoms with E-state index in [4.69, 9.17) is 4.42 Å². The largest absolute Gasteiger partial charge is 0.455 e. The van der Waals surface area contributed by atoms with Crippen molar-refractivity contribution in [1.29, 1.82) is 0 Å². The summed E-state index contributed by atoms with van der Waals surface area (Å²) in [4.78, 5) is 24.2. The third-order valence-electron chi connectivity index (χ3n) is 5.37. The van der Waals surface area contributed by atoms with E-state index in [1.54, 1.807) is 25.1 Å². The Morgan fingerprint density at radius 2 is 1.68 bits per heavy atom. The molecule has 31 heavy (non-hydrogen) atoms. The molecule has 6 nitrogen and oxygen atoms in total. The third kappa shape index (κ3) is 3.80. The van der Waals surface area contributed by atoms with E-state index in [0.717, 1.165) is 16.7 Å². The van der Waals surface area contributed by atoms with E-state index in [1.165, 1.54) is 6.07 Å². The van der Waals surface area contributed by atoms with Crippen LogP contribution in [-0.4, -0.2) is 4.92 Å². The van der Waals surface area contributed by atoms with Crippen LogP contribution >= 0.6 is 0 Å². The zero-order valence-corrected chi connectivity index (χ0v) is 17.5. The Bertz CT molecular complexity index is 1340. The smallest absolute Gasteiger partial charge is 0.292 e. The van der Waals surface area contributed by atoms with E-state index >= 15 is 0 Å². The number of nitrogens with one attached hydrogen (secondary N) is 1. The van der Waals surface area contributed by atoms with Gasteiger partial charge in [0.25, 0.3) is 5.69 Å². The summed E-state index contributed by atoms with van der Waals surface area (Å²) in [5.74, 6) is 0.529. The molecular weight excluding hydrogens is 392 g/mol. The number of nitro groups is 1. The first kappa shape index (κ1) is 20.3. The fourth-order valence-corrected chi connectivity index (χ4v) is 3.82. The summed E-state index contributed by atoms with van der Waals surface area (Å²) in [5, 5.41) is 15.1. The Hall–Kier alpha value is -3.93. The molecule has 0 spiro atoms. The van der Waals surface area contributed by atoms with Gasteiger partial charge in [0.1, 0.15) is 17.0 Å². The molecule has 0 radical (unpaired) electrons. The Labute approximate surface area is 179 Å². The van der Waals surface area contributed by atoms with Gasteiger partial charge in [0.15, 0.2) is 5.43 Å². The van der Waals surface area contributed by atoms with Gasteiger partial charge in [-0.2, -0.15) is 0 Å². The number of hydrogen-bond acceptors (Lipinski definition) is 5. The molecule has 156 valence electrons. The average molecular weight is 414 g/mol. The fourth-order valence-electron chi connectivity index (χ4n) is 3.82. The monoisotopic (exact) mass is 414 g/mol. The second-order valence-corrected chi connectivity index (χ2v) is 7.62. The number of hydrogen-bond donors (Lipinski definition) is 1. The van der Waals surface area contributed by atoms with Crippen molar-refractivity contribution in [3.05, 3.63) is 104 Å². The first-order valence-electron chi connectivity index (χ1n) is 10.00. The Morgan fingerprint density at radius 3 is 2.39 bits per heavy atom. The molecule has 4 aromatic rings. The zero-order valence-electron chi connectivity index (χ0n) is 17.5. The van der Waals surface area contributed by atoms with Crippen molar-refractivity contribution in [3.63, 3.8) is 0 Å². The van der Waals surface area contributed by atoms with E-state index in [-0.39, 0.29) is 17.2 Å². The van der Waals surface area contributed by atoms with Crippen molar-refractivity contribution < 1.29 is 9.34 Å². The maximum atomic E-state index is 13.2. The van der Waals surface area contributed by atoms with Gasteiger partial charge in [-0.05, 0) is 38.5 Å². The molecule has 0 aliphatic carbocycles. The van der Waals surface area contributed by atoms with Gasteiger partial charge in [-0.25, -0.2) is 0 Å². The standard InChI is InChI=1S/C25H22N2O4/c1-15-13-19(17(3)26-21-11-7-8-12-22(21)27(29)30)25-20(14-15)23(28)16(2)24(31-25)18-9-5-4-6-10-18/h4-14,17,26H,1-3H3/t17-/m1/s1. The second kappa shape index (κ2) is 8.07. The van der Waals surface area contributed by atoms with Gasteiger partial charge >= 0.3 is 0 Å². The minimum absolute atomic E-state index is 0.00594. The Kier molecular flexibility index (Phi) is 5.29. The van der Waals surface area contributed by atoms with E-state index in [0.29, 0.717) is 28.0 Å². The highest BCUT2D eigenvalue weighted by molar-refractivity contribution is 5.84. The van der Waals surface area contributed by atoms with Crippen LogP contribution < -0.4 is 10.7 Å². The van der Waals surface area contributed by atoms with Crippen molar-refractivity contribution in [3.8, 4) is 11.3 Å². The van der Waals surface area contributed by atoms with Crippen molar-refractivity contribution in [2.75, 3.05) is 5.32 Å². The summed E-state index contributed by atoms with van der Waals surface area (Å²) in [6, 6.07) is 19.4. The summed E-state index contributed by atoms with van der Waals surface area (Å²) in [6.07, 6.45) is 0. The molecule has 3 aromatic carbocycles. The summed E-state index contributed by atoms with van der Waals surface area (Å²) in [7, 11) is 0. The molecule has 1 N–H and O–H groups in total. The van der Waals surface area contributed by atoms with Crippen LogP contribution in [-0.2, 0) is 0 Å². The van der Waals surface area contributed by atoms with Gasteiger partial charge in [0.2, 0.25) is 0 Å². The number of para-hydroxylation sites is 2. The van der Waals surface area contributed by atoms with Crippen LogP contribution in [0.2, 0.25) is 0 Å². The van der Waals surface area contributed by atoms with E-state index in [2.05, 4.69) is 5.32 Å². The molecule has 0 saturated carbocycles. The molecule has 6 heteroatoms. The first-order valence-corrected chi connectivity index (χ1v) is 10.00. The summed E-state index contributed by atoms with van der Waals surface area (Å²) >= 11 is 0. The SMILES string of the molecule is Cc1cc([C@@H](C)Nc2ccccc2[N+](=O)[O-])c2oc(-c3ccccc3)c(C)c(=O)c2c1. The predicted octanol–water partition coefficient (Wildman–Crippen LogP) is 6.16. The summed E-state index contributed by atoms with van der Waals surface area (Å²) in [6.45, 7) is 5.58. The molecule has 0 aliphatic rings. The quantitative estimate of drug-likeness (QED) is 0.312. The zero-order chi connectivity index (χ0) is 22.1. The van der Waals surface area contributed by atoms with Gasteiger partial charge in [-0.15, -0.1) is 0 Å². The lowest BCUT2D eigenvalue weighted by atomic mass is 9.98. The van der Waals surface area contributed by atoms with Gasteiger partial charge in [-0.1, -0.05) is 48.5 Å². The van der Waals surface area contributed by atoms with Crippen molar-refractivity contribution in [2.24, 2.45) is 0 Å². The van der Waals surface area contributed by atoms with Crippen molar-refractivity contribution in [1.82, 2.24) is 0 Å². The average Bonchev–Trinajstić information content (AvgIpc) is 2.77. The molecule has 0 amide bonds. The molecule has 1 atom stereocenters. The van der Waals surface area contributed by atoms with Crippen LogP contribution in [0.1, 0.15) is 29.7 Å². The predicted molar refractivity (Wildman–Crippen MR) is 123 cm³/mol. The van der Waals surface area contributed by atoms with Crippen LogP contribution in [0.4, 0.5) is 11.4 Å². The first-order chi connectivity index (χ1) is 14.9. The molecule has 1 heterocycles. The lowest BCUT2D eigenvalue weighted by molar-refractivity contribution is -0.384. The Morgan fingerprint density at radius 1 is 1.00 bits per heavy atom. The van der Waals surface area contributed by atoms with Crippen LogP contribution in [0, 0.1) is 24.0 Å². The highest BCUT2D eigenvalue weighted by atomic mass is 16.6. The van der Waals surface area contributed by atoms with Gasteiger partial charge in [0, 0.05) is 22.8 Å². The lowest BCUT2D eigenvalue weighted by Crippen LogP contribution is -2.13. The number of nitrogens with zero attached hydrogens (tertiary/aromatic N) is 1. The van der Waals surface area contributed by atoms with Crippen LogP contribution in [0.3, 0.4) is 0 Å². The summed E-state index contributed by atoms with van der Waals surface area (Å²) < 4.78 is 6.31. The van der Waals surface area contributed by atoms with E-state index < -0.39 is 4.92 Å². The van der Waals surface area contributed by atoms with Crippen LogP contribution in [0.25, 0.3) is 22.3 Å². The molecular formula is C25H22N2O4. The number of aryl methyl sites for hydroxylation is 1. The number of benzene rings is 3. The third-order valence-corrected chi connectivity index (χ3v) is 5.37. The molecule has 1 aromatic heterocycles. The highest BCUT2D eigenvalue weighted by Crippen LogP contribution is 2.33. The van der Waals surface area contributed by atoms with Gasteiger partial charge in [-0.3, -0.25) is 14.9 Å². The number of nitro benzene ring substituents is 1. The van der Waals surface area contributed by atoms with Gasteiger partial charge in [0.05, 0.1) is 16.4 Å². The molecule has 4 rings (SSSR count). The maximum Gasteiger partial charge on any atom is 0.292 e. The summed E-state index contributed by atoms with van der Waals surface area (Å²) in [5.41, 5.74) is 3.86. The normalized spacial score (nSPS) is 12.0. The maximum absolute atomic E-state index is 13.2. The highest BCUT2D eigenvalue weighted by Gasteiger charge is 2.21. The minimum Gasteiger partial charge on any atom is -0.455 e. The van der Waals surface area contributed by atoms with Crippen molar-refractivity contribution in [2.45, 2.75) is 26.8 Å². The number of rotatable bonds is 5. The van der Waals surface area contributed by atoms with Crippen LogP contribution in [0.15, 0.2) is 75.9 Å². The van der Waals surface area contributed by atoms with E-state index in [1.807, 2.05) is 56.3 Å². The molecule has 0 fully saturated rings. The molecule has 0 unspecified atom stereocenters. The van der Waals surface area contributed by atoms with E-state index in [9.17, 15) is 14.9 Å². The van der Waals surface area contributed by atoms with Crippen LogP contribution in [0.5, 0.6) is 0 Å². The van der Waals surface area contributed by atoms with Crippen molar-refractivity contribution >= 4 is 22.3 Å². The minimum atomic E-state index is -0.416. The lowest BCUT2D eigenvalue weighted by Gasteiger charge is -2.19. The molecule has 0 bridgehead atoms. The molecule has 0 saturated heterocycles. The fraction of sp³-hybridized carbons (Fsp3) is 0.160.